The lowest BCUT2D eigenvalue weighted by molar-refractivity contribution is -0.145. The Morgan fingerprint density at radius 2 is 1.86 bits per heavy atom. The number of nitrogens with zero attached hydrogens (tertiary/aromatic N) is 1. The molecule has 1 heterocycles. The van der Waals surface area contributed by atoms with Crippen LogP contribution in [-0.4, -0.2) is 60.0 Å². The second-order valence-corrected chi connectivity index (χ2v) is 6.93. The van der Waals surface area contributed by atoms with Gasteiger partial charge in [-0.15, -0.1) is 0 Å². The molecule has 0 radical (unpaired) electrons. The Hall–Kier alpha value is -1.63. The molecule has 0 aliphatic carbocycles. The molecular formula is C15H27N3O4. The van der Waals surface area contributed by atoms with Crippen LogP contribution in [0.1, 0.15) is 34.1 Å². The molecule has 3 N–H and O–H groups in total. The van der Waals surface area contributed by atoms with Crippen molar-refractivity contribution in [2.45, 2.75) is 40.2 Å². The summed E-state index contributed by atoms with van der Waals surface area (Å²) in [5, 5.41) is 14.9. The Morgan fingerprint density at radius 3 is 2.36 bits per heavy atom. The molecule has 126 valence electrons. The average molecular weight is 313 g/mol. The van der Waals surface area contributed by atoms with E-state index in [1.165, 1.54) is 6.92 Å². The van der Waals surface area contributed by atoms with E-state index in [0.29, 0.717) is 32.6 Å². The van der Waals surface area contributed by atoms with E-state index >= 15 is 0 Å². The van der Waals surface area contributed by atoms with Crippen LogP contribution in [0.25, 0.3) is 0 Å². The Morgan fingerprint density at radius 1 is 1.23 bits per heavy atom. The molecule has 0 aromatic heterocycles. The predicted octanol–water partition coefficient (Wildman–Crippen LogP) is 0.0599. The molecule has 7 nitrogen and oxygen atoms in total. The van der Waals surface area contributed by atoms with Crippen LogP contribution in [0.5, 0.6) is 0 Å². The smallest absolute Gasteiger partial charge is 0.307 e. The highest BCUT2D eigenvalue weighted by Gasteiger charge is 2.33. The van der Waals surface area contributed by atoms with E-state index in [2.05, 4.69) is 10.6 Å². The lowest BCUT2D eigenvalue weighted by Crippen LogP contribution is -2.55. The van der Waals surface area contributed by atoms with E-state index in [4.69, 9.17) is 0 Å². The van der Waals surface area contributed by atoms with Gasteiger partial charge >= 0.3 is 5.97 Å². The number of rotatable bonds is 5. The van der Waals surface area contributed by atoms with Crippen molar-refractivity contribution >= 4 is 17.8 Å². The second-order valence-electron chi connectivity index (χ2n) is 6.93. The van der Waals surface area contributed by atoms with E-state index in [9.17, 15) is 19.5 Å². The molecule has 7 heteroatoms. The molecule has 2 atom stereocenters. The Bertz CT molecular complexity index is 431. The van der Waals surface area contributed by atoms with Crippen LogP contribution < -0.4 is 10.6 Å². The van der Waals surface area contributed by atoms with Crippen molar-refractivity contribution in [3.05, 3.63) is 0 Å². The molecule has 1 rings (SSSR count). The molecule has 1 aliphatic heterocycles. The van der Waals surface area contributed by atoms with Crippen LogP contribution in [0, 0.1) is 11.3 Å². The Balaban J connectivity index is 2.62. The van der Waals surface area contributed by atoms with Crippen LogP contribution >= 0.6 is 0 Å². The summed E-state index contributed by atoms with van der Waals surface area (Å²) in [7, 11) is 0. The summed E-state index contributed by atoms with van der Waals surface area (Å²) >= 11 is 0. The molecule has 0 spiro atoms. The van der Waals surface area contributed by atoms with Crippen molar-refractivity contribution in [2.75, 3.05) is 26.2 Å². The van der Waals surface area contributed by atoms with Gasteiger partial charge in [-0.25, -0.2) is 0 Å². The van der Waals surface area contributed by atoms with Gasteiger partial charge in [-0.3, -0.25) is 19.3 Å². The SMILES string of the molecule is CC(=O)NCCN1CC(NC(=O)C(C)(C)C)CC(C(=O)O)C1. The lowest BCUT2D eigenvalue weighted by atomic mass is 9.91. The van der Waals surface area contributed by atoms with E-state index in [0.717, 1.165) is 0 Å². The van der Waals surface area contributed by atoms with E-state index in [-0.39, 0.29) is 17.9 Å². The minimum Gasteiger partial charge on any atom is -0.481 e. The van der Waals surface area contributed by atoms with Gasteiger partial charge in [-0.05, 0) is 6.42 Å². The van der Waals surface area contributed by atoms with Crippen molar-refractivity contribution in [2.24, 2.45) is 11.3 Å². The number of carbonyl (C=O) groups excluding carboxylic acids is 2. The van der Waals surface area contributed by atoms with Crippen LogP contribution in [0.3, 0.4) is 0 Å². The molecule has 1 aliphatic rings. The third-order valence-corrected chi connectivity index (χ3v) is 3.69. The number of carboxylic acids is 1. The summed E-state index contributed by atoms with van der Waals surface area (Å²) in [6.45, 7) is 9.02. The first-order valence-electron chi connectivity index (χ1n) is 7.60. The number of likely N-dealkylation sites (tertiary alicyclic amines) is 1. The average Bonchev–Trinajstić information content (AvgIpc) is 2.36. The van der Waals surface area contributed by atoms with Gasteiger partial charge in [0, 0.05) is 44.6 Å². The topological polar surface area (TPSA) is 98.7 Å². The molecule has 0 bridgehead atoms. The third-order valence-electron chi connectivity index (χ3n) is 3.69. The lowest BCUT2D eigenvalue weighted by Gasteiger charge is -2.37. The summed E-state index contributed by atoms with van der Waals surface area (Å²) in [5.74, 6) is -1.54. The van der Waals surface area contributed by atoms with Crippen molar-refractivity contribution < 1.29 is 19.5 Å². The first kappa shape index (κ1) is 18.4. The molecular weight excluding hydrogens is 286 g/mol. The fourth-order valence-electron chi connectivity index (χ4n) is 2.45. The predicted molar refractivity (Wildman–Crippen MR) is 82.3 cm³/mol. The van der Waals surface area contributed by atoms with Gasteiger partial charge in [0.25, 0.3) is 0 Å². The minimum absolute atomic E-state index is 0.0784. The van der Waals surface area contributed by atoms with Gasteiger partial charge in [0.1, 0.15) is 0 Å². The van der Waals surface area contributed by atoms with Gasteiger partial charge in [0.05, 0.1) is 5.92 Å². The zero-order chi connectivity index (χ0) is 16.9. The van der Waals surface area contributed by atoms with Crippen molar-refractivity contribution in [3.8, 4) is 0 Å². The van der Waals surface area contributed by atoms with E-state index in [1.54, 1.807) is 0 Å². The maximum atomic E-state index is 12.1. The van der Waals surface area contributed by atoms with Crippen LogP contribution in [0.4, 0.5) is 0 Å². The van der Waals surface area contributed by atoms with E-state index in [1.807, 2.05) is 25.7 Å². The number of hydrogen-bond donors (Lipinski definition) is 3. The largest absolute Gasteiger partial charge is 0.481 e. The standard InChI is InChI=1S/C15H27N3O4/c1-10(19)16-5-6-18-8-11(13(20)21)7-12(9-18)17-14(22)15(2,3)4/h11-12H,5-9H2,1-4H3,(H,16,19)(H,17,22)(H,20,21). The summed E-state index contributed by atoms with van der Waals surface area (Å²) in [6.07, 6.45) is 0.438. The zero-order valence-electron chi connectivity index (χ0n) is 13.8. The molecule has 2 amide bonds. The number of aliphatic carboxylic acids is 1. The minimum atomic E-state index is -0.848. The molecule has 1 saturated heterocycles. The van der Waals surface area contributed by atoms with Gasteiger partial charge in [0.2, 0.25) is 11.8 Å². The Kier molecular flexibility index (Phi) is 6.34. The highest BCUT2D eigenvalue weighted by atomic mass is 16.4. The number of nitrogens with one attached hydrogen (secondary N) is 2. The highest BCUT2D eigenvalue weighted by Crippen LogP contribution is 2.19. The summed E-state index contributed by atoms with van der Waals surface area (Å²) in [5.41, 5.74) is -0.503. The summed E-state index contributed by atoms with van der Waals surface area (Å²) in [6, 6.07) is -0.182. The number of hydrogen-bond acceptors (Lipinski definition) is 4. The molecule has 0 saturated carbocycles. The Labute approximate surface area is 131 Å². The monoisotopic (exact) mass is 313 g/mol. The first-order chi connectivity index (χ1) is 10.1. The van der Waals surface area contributed by atoms with Crippen LogP contribution in [-0.2, 0) is 14.4 Å². The summed E-state index contributed by atoms with van der Waals surface area (Å²) in [4.78, 5) is 36.3. The van der Waals surface area contributed by atoms with Crippen LogP contribution in [0.2, 0.25) is 0 Å². The number of carboxylic acid groups (broad SMARTS) is 1. The van der Waals surface area contributed by atoms with Gasteiger partial charge < -0.3 is 15.7 Å². The van der Waals surface area contributed by atoms with Crippen molar-refractivity contribution in [1.29, 1.82) is 0 Å². The maximum Gasteiger partial charge on any atom is 0.307 e. The van der Waals surface area contributed by atoms with Crippen molar-refractivity contribution in [3.63, 3.8) is 0 Å². The van der Waals surface area contributed by atoms with Crippen LogP contribution in [0.15, 0.2) is 0 Å². The summed E-state index contributed by atoms with van der Waals surface area (Å²) < 4.78 is 0. The molecule has 0 aromatic carbocycles. The third kappa shape index (κ3) is 6.01. The van der Waals surface area contributed by atoms with E-state index < -0.39 is 17.3 Å². The maximum absolute atomic E-state index is 12.1. The van der Waals surface area contributed by atoms with Gasteiger partial charge in [-0.1, -0.05) is 20.8 Å². The number of piperidine rings is 1. The first-order valence-corrected chi connectivity index (χ1v) is 7.60. The quantitative estimate of drug-likeness (QED) is 0.666. The number of carbonyl (C=O) groups is 3. The molecule has 1 fully saturated rings. The van der Waals surface area contributed by atoms with Crippen molar-refractivity contribution in [1.82, 2.24) is 15.5 Å². The fraction of sp³-hybridized carbons (Fsp3) is 0.800. The normalized spacial score (nSPS) is 22.9. The molecule has 22 heavy (non-hydrogen) atoms. The second kappa shape index (κ2) is 7.58. The number of amides is 2. The van der Waals surface area contributed by atoms with Gasteiger partial charge in [-0.2, -0.15) is 0 Å². The fourth-order valence-corrected chi connectivity index (χ4v) is 2.45. The highest BCUT2D eigenvalue weighted by molar-refractivity contribution is 5.81. The van der Waals surface area contributed by atoms with Gasteiger partial charge in [0.15, 0.2) is 0 Å². The molecule has 0 aromatic rings. The molecule has 2 unspecified atom stereocenters. The zero-order valence-corrected chi connectivity index (χ0v) is 13.8.